The van der Waals surface area contributed by atoms with Crippen LogP contribution in [0.25, 0.3) is 0 Å². The molecule has 0 aliphatic rings. The van der Waals surface area contributed by atoms with Crippen LogP contribution in [0.5, 0.6) is 5.75 Å². The Morgan fingerprint density at radius 2 is 1.96 bits per heavy atom. The topological polar surface area (TPSA) is 52.3 Å². The van der Waals surface area contributed by atoms with E-state index < -0.39 is 0 Å². The van der Waals surface area contributed by atoms with Crippen molar-refractivity contribution in [3.63, 3.8) is 0 Å². The zero-order chi connectivity index (χ0) is 19.2. The number of hydrogen-bond donors (Lipinski definition) is 0. The summed E-state index contributed by atoms with van der Waals surface area (Å²) < 4.78 is 8.17. The Bertz CT molecular complexity index is 922. The van der Waals surface area contributed by atoms with Crippen LogP contribution in [-0.2, 0) is 5.75 Å². The molecule has 2 aromatic carbocycles. The van der Waals surface area contributed by atoms with Gasteiger partial charge in [0.1, 0.15) is 5.75 Å². The van der Waals surface area contributed by atoms with Gasteiger partial charge in [-0.1, -0.05) is 65.8 Å². The average molecular weight is 445 g/mol. The summed E-state index contributed by atoms with van der Waals surface area (Å²) in [5.74, 6) is 2.67. The Morgan fingerprint density at radius 1 is 1.19 bits per heavy atom. The molecule has 5 nitrogen and oxygen atoms in total. The number of benzene rings is 2. The van der Waals surface area contributed by atoms with Gasteiger partial charge in [-0.15, -0.1) is 10.2 Å². The minimum atomic E-state index is 0.224. The molecule has 0 saturated heterocycles. The Hall–Kier alpha value is -2.12. The lowest BCUT2D eigenvalue weighted by Crippen LogP contribution is -2.02. The average Bonchev–Trinajstić information content (AvgIpc) is 3.09. The van der Waals surface area contributed by atoms with Gasteiger partial charge >= 0.3 is 0 Å². The van der Waals surface area contributed by atoms with Crippen LogP contribution < -0.4 is 4.74 Å². The van der Waals surface area contributed by atoms with E-state index in [0.29, 0.717) is 0 Å². The molecule has 1 heterocycles. The molecule has 0 atom stereocenters. The van der Waals surface area contributed by atoms with Crippen molar-refractivity contribution in [2.45, 2.75) is 30.7 Å². The maximum atomic E-state index is 5.27. The zero-order valence-electron chi connectivity index (χ0n) is 15.5. The van der Waals surface area contributed by atoms with Gasteiger partial charge in [-0.2, -0.15) is 9.78 Å². The van der Waals surface area contributed by atoms with Crippen molar-refractivity contribution in [2.24, 2.45) is 5.10 Å². The highest BCUT2D eigenvalue weighted by Crippen LogP contribution is 2.25. The smallest absolute Gasteiger partial charge is 0.212 e. The van der Waals surface area contributed by atoms with Crippen molar-refractivity contribution < 1.29 is 4.74 Å². The van der Waals surface area contributed by atoms with Crippen LogP contribution in [-0.4, -0.2) is 28.2 Å². The molecular formula is C20H21BrN4OS. The maximum Gasteiger partial charge on any atom is 0.212 e. The third kappa shape index (κ3) is 5.20. The van der Waals surface area contributed by atoms with Gasteiger partial charge in [0.05, 0.1) is 13.3 Å². The van der Waals surface area contributed by atoms with Crippen molar-refractivity contribution in [1.82, 2.24) is 14.9 Å². The molecule has 0 aliphatic heterocycles. The van der Waals surface area contributed by atoms with Crippen molar-refractivity contribution in [3.8, 4) is 5.75 Å². The van der Waals surface area contributed by atoms with E-state index in [1.54, 1.807) is 25.1 Å². The number of halogens is 1. The largest absolute Gasteiger partial charge is 0.497 e. The lowest BCUT2D eigenvalue weighted by molar-refractivity contribution is 0.414. The highest BCUT2D eigenvalue weighted by Gasteiger charge is 2.15. The first-order chi connectivity index (χ1) is 13.1. The molecule has 140 valence electrons. The highest BCUT2D eigenvalue weighted by atomic mass is 79.9. The number of hydrogen-bond acceptors (Lipinski definition) is 5. The van der Waals surface area contributed by atoms with Gasteiger partial charge in [-0.25, -0.2) is 0 Å². The molecule has 0 amide bonds. The summed E-state index contributed by atoms with van der Waals surface area (Å²) in [6, 6.07) is 16.1. The van der Waals surface area contributed by atoms with E-state index in [1.807, 2.05) is 41.1 Å². The van der Waals surface area contributed by atoms with Crippen LogP contribution in [0.1, 0.15) is 36.7 Å². The Morgan fingerprint density at radius 3 is 2.67 bits per heavy atom. The van der Waals surface area contributed by atoms with Gasteiger partial charge in [-0.05, 0) is 35.4 Å². The van der Waals surface area contributed by atoms with E-state index in [4.69, 9.17) is 4.74 Å². The summed E-state index contributed by atoms with van der Waals surface area (Å²) in [7, 11) is 1.66. The molecule has 0 fully saturated rings. The van der Waals surface area contributed by atoms with Crippen molar-refractivity contribution in [2.75, 3.05) is 7.11 Å². The van der Waals surface area contributed by atoms with Crippen LogP contribution in [0.3, 0.4) is 0 Å². The maximum absolute atomic E-state index is 5.27. The van der Waals surface area contributed by atoms with Crippen molar-refractivity contribution >= 4 is 33.9 Å². The number of aromatic nitrogens is 3. The van der Waals surface area contributed by atoms with E-state index in [-0.39, 0.29) is 5.92 Å². The minimum absolute atomic E-state index is 0.224. The van der Waals surface area contributed by atoms with Crippen molar-refractivity contribution in [1.29, 1.82) is 0 Å². The molecule has 0 unspecified atom stereocenters. The number of thioether (sulfide) groups is 1. The summed E-state index contributed by atoms with van der Waals surface area (Å²) in [5, 5.41) is 14.1. The van der Waals surface area contributed by atoms with E-state index >= 15 is 0 Å². The lowest BCUT2D eigenvalue weighted by Gasteiger charge is -2.07. The SMILES string of the molecule is COc1cccc(/C=N/n2c(SCc3ccc(Br)cc3)nnc2C(C)C)c1. The van der Waals surface area contributed by atoms with Crippen LogP contribution in [0.2, 0.25) is 0 Å². The van der Waals surface area contributed by atoms with Crippen LogP contribution in [0.4, 0.5) is 0 Å². The fourth-order valence-corrected chi connectivity index (χ4v) is 3.52. The predicted octanol–water partition coefficient (Wildman–Crippen LogP) is 5.35. The summed E-state index contributed by atoms with van der Waals surface area (Å²) in [6.07, 6.45) is 1.81. The van der Waals surface area contributed by atoms with Gasteiger partial charge < -0.3 is 4.74 Å². The fourth-order valence-electron chi connectivity index (χ4n) is 2.41. The quantitative estimate of drug-likeness (QED) is 0.364. The molecule has 3 aromatic rings. The normalized spacial score (nSPS) is 11.4. The monoisotopic (exact) mass is 444 g/mol. The Kier molecular flexibility index (Phi) is 6.68. The third-order valence-corrected chi connectivity index (χ3v) is 5.37. The molecule has 7 heteroatoms. The minimum Gasteiger partial charge on any atom is -0.497 e. The van der Waals surface area contributed by atoms with Gasteiger partial charge in [0.2, 0.25) is 5.16 Å². The summed E-state index contributed by atoms with van der Waals surface area (Å²) in [6.45, 7) is 4.18. The molecule has 0 N–H and O–H groups in total. The van der Waals surface area contributed by atoms with Gasteiger partial charge in [0, 0.05) is 16.1 Å². The van der Waals surface area contributed by atoms with E-state index in [1.165, 1.54) is 5.56 Å². The standard InChI is InChI=1S/C20H21BrN4OS/c1-14(2)19-23-24-20(27-13-15-7-9-17(21)10-8-15)25(19)22-12-16-5-4-6-18(11-16)26-3/h4-12,14H,13H2,1-3H3/b22-12+. The van der Waals surface area contributed by atoms with Crippen LogP contribution >= 0.6 is 27.7 Å². The number of methoxy groups -OCH3 is 1. The Labute approximate surface area is 172 Å². The molecule has 0 saturated carbocycles. The molecule has 0 radical (unpaired) electrons. The van der Waals surface area contributed by atoms with Gasteiger partial charge in [0.15, 0.2) is 5.82 Å². The van der Waals surface area contributed by atoms with Crippen LogP contribution in [0.15, 0.2) is 63.3 Å². The Balaban J connectivity index is 1.82. The number of rotatable bonds is 7. The fraction of sp³-hybridized carbons (Fsp3) is 0.250. The number of ether oxygens (including phenoxy) is 1. The molecule has 0 aliphatic carbocycles. The van der Waals surface area contributed by atoms with E-state index in [9.17, 15) is 0 Å². The third-order valence-electron chi connectivity index (χ3n) is 3.85. The molecule has 1 aromatic heterocycles. The molecule has 0 bridgehead atoms. The van der Waals surface area contributed by atoms with Crippen LogP contribution in [0, 0.1) is 0 Å². The van der Waals surface area contributed by atoms with Gasteiger partial charge in [0.25, 0.3) is 0 Å². The first kappa shape index (κ1) is 19.6. The molecular weight excluding hydrogens is 424 g/mol. The van der Waals surface area contributed by atoms with Crippen molar-refractivity contribution in [3.05, 3.63) is 70.0 Å². The molecule has 0 spiro atoms. The molecule has 27 heavy (non-hydrogen) atoms. The molecule has 3 rings (SSSR count). The van der Waals surface area contributed by atoms with E-state index in [0.717, 1.165) is 32.5 Å². The second kappa shape index (κ2) is 9.19. The first-order valence-electron chi connectivity index (χ1n) is 8.58. The second-order valence-corrected chi connectivity index (χ2v) is 8.10. The summed E-state index contributed by atoms with van der Waals surface area (Å²) in [4.78, 5) is 0. The summed E-state index contributed by atoms with van der Waals surface area (Å²) in [5.41, 5.74) is 2.18. The second-order valence-electron chi connectivity index (χ2n) is 6.24. The zero-order valence-corrected chi connectivity index (χ0v) is 17.9. The number of nitrogens with zero attached hydrogens (tertiary/aromatic N) is 4. The summed E-state index contributed by atoms with van der Waals surface area (Å²) >= 11 is 5.09. The highest BCUT2D eigenvalue weighted by molar-refractivity contribution is 9.10. The predicted molar refractivity (Wildman–Crippen MR) is 114 cm³/mol. The first-order valence-corrected chi connectivity index (χ1v) is 10.4. The van der Waals surface area contributed by atoms with Gasteiger partial charge in [-0.3, -0.25) is 0 Å². The van der Waals surface area contributed by atoms with E-state index in [2.05, 4.69) is 57.2 Å². The lowest BCUT2D eigenvalue weighted by atomic mass is 10.2.